The van der Waals surface area contributed by atoms with Gasteiger partial charge >= 0.3 is 0 Å². The SMILES string of the molecule is CCCNC(=O)c1cnc2c(cnn2CC)c1NC1CCCC1. The second-order valence-corrected chi connectivity index (χ2v) is 6.13. The molecule has 0 atom stereocenters. The van der Waals surface area contributed by atoms with Crippen LogP contribution < -0.4 is 10.6 Å². The number of hydrogen-bond donors (Lipinski definition) is 2. The highest BCUT2D eigenvalue weighted by Crippen LogP contribution is 2.30. The highest BCUT2D eigenvalue weighted by molar-refractivity contribution is 6.06. The van der Waals surface area contributed by atoms with Gasteiger partial charge in [0, 0.05) is 25.3 Å². The zero-order chi connectivity index (χ0) is 16.2. The van der Waals surface area contributed by atoms with E-state index >= 15 is 0 Å². The molecule has 0 aliphatic heterocycles. The van der Waals surface area contributed by atoms with Crippen molar-refractivity contribution in [3.63, 3.8) is 0 Å². The summed E-state index contributed by atoms with van der Waals surface area (Å²) < 4.78 is 1.86. The van der Waals surface area contributed by atoms with E-state index < -0.39 is 0 Å². The highest BCUT2D eigenvalue weighted by atomic mass is 16.1. The number of nitrogens with zero attached hydrogens (tertiary/aromatic N) is 3. The number of fused-ring (bicyclic) bond motifs is 1. The fourth-order valence-electron chi connectivity index (χ4n) is 3.19. The Labute approximate surface area is 136 Å². The molecule has 124 valence electrons. The van der Waals surface area contributed by atoms with Crippen LogP contribution in [0.2, 0.25) is 0 Å². The molecule has 0 bridgehead atoms. The van der Waals surface area contributed by atoms with E-state index in [0.29, 0.717) is 18.2 Å². The average molecular weight is 315 g/mol. The largest absolute Gasteiger partial charge is 0.381 e. The highest BCUT2D eigenvalue weighted by Gasteiger charge is 2.22. The van der Waals surface area contributed by atoms with Crippen LogP contribution in [-0.2, 0) is 6.54 Å². The fourth-order valence-corrected chi connectivity index (χ4v) is 3.19. The van der Waals surface area contributed by atoms with Gasteiger partial charge < -0.3 is 10.6 Å². The van der Waals surface area contributed by atoms with Crippen molar-refractivity contribution < 1.29 is 4.79 Å². The van der Waals surface area contributed by atoms with E-state index in [1.54, 1.807) is 6.20 Å². The Morgan fingerprint density at radius 3 is 2.78 bits per heavy atom. The van der Waals surface area contributed by atoms with Gasteiger partial charge in [0.25, 0.3) is 5.91 Å². The van der Waals surface area contributed by atoms with E-state index in [1.165, 1.54) is 12.8 Å². The van der Waals surface area contributed by atoms with Crippen LogP contribution in [0.25, 0.3) is 11.0 Å². The normalized spacial score (nSPS) is 15.2. The number of pyridine rings is 1. The zero-order valence-electron chi connectivity index (χ0n) is 13.9. The molecule has 2 aromatic heterocycles. The molecule has 0 radical (unpaired) electrons. The zero-order valence-corrected chi connectivity index (χ0v) is 13.9. The van der Waals surface area contributed by atoms with Crippen LogP contribution in [0, 0.1) is 0 Å². The molecule has 2 aromatic rings. The summed E-state index contributed by atoms with van der Waals surface area (Å²) in [5, 5.41) is 11.9. The molecule has 0 unspecified atom stereocenters. The number of hydrogen-bond acceptors (Lipinski definition) is 4. The number of carbonyl (C=O) groups excluding carboxylic acids is 1. The molecule has 0 saturated heterocycles. The summed E-state index contributed by atoms with van der Waals surface area (Å²) in [5.74, 6) is -0.0639. The predicted octanol–water partition coefficient (Wildman–Crippen LogP) is 2.95. The van der Waals surface area contributed by atoms with Gasteiger partial charge in [0.1, 0.15) is 0 Å². The Bertz CT molecular complexity index is 688. The fraction of sp³-hybridized carbons (Fsp3) is 0.588. The summed E-state index contributed by atoms with van der Waals surface area (Å²) in [4.78, 5) is 17.0. The topological polar surface area (TPSA) is 71.8 Å². The first-order valence-corrected chi connectivity index (χ1v) is 8.63. The molecule has 1 saturated carbocycles. The van der Waals surface area contributed by atoms with E-state index in [9.17, 15) is 4.79 Å². The Morgan fingerprint density at radius 2 is 2.09 bits per heavy atom. The maximum atomic E-state index is 12.5. The van der Waals surface area contributed by atoms with Crippen LogP contribution in [0.4, 0.5) is 5.69 Å². The van der Waals surface area contributed by atoms with E-state index in [0.717, 1.165) is 42.5 Å². The van der Waals surface area contributed by atoms with Crippen LogP contribution in [0.1, 0.15) is 56.3 Å². The molecule has 6 heteroatoms. The average Bonchev–Trinajstić information content (AvgIpc) is 3.21. The van der Waals surface area contributed by atoms with Crippen molar-refractivity contribution in [2.24, 2.45) is 0 Å². The van der Waals surface area contributed by atoms with Gasteiger partial charge in [-0.2, -0.15) is 5.10 Å². The van der Waals surface area contributed by atoms with Gasteiger partial charge in [-0.3, -0.25) is 4.79 Å². The number of aromatic nitrogens is 3. The Morgan fingerprint density at radius 1 is 1.30 bits per heavy atom. The lowest BCUT2D eigenvalue weighted by Crippen LogP contribution is -2.26. The molecule has 2 heterocycles. The van der Waals surface area contributed by atoms with Crippen molar-refractivity contribution in [1.82, 2.24) is 20.1 Å². The van der Waals surface area contributed by atoms with Crippen LogP contribution in [0.15, 0.2) is 12.4 Å². The maximum absolute atomic E-state index is 12.5. The monoisotopic (exact) mass is 315 g/mol. The van der Waals surface area contributed by atoms with Crippen LogP contribution in [-0.4, -0.2) is 33.3 Å². The molecule has 1 fully saturated rings. The summed E-state index contributed by atoms with van der Waals surface area (Å²) in [5.41, 5.74) is 2.34. The number of amides is 1. The molecular weight excluding hydrogens is 290 g/mol. The third-order valence-electron chi connectivity index (χ3n) is 4.45. The number of anilines is 1. The predicted molar refractivity (Wildman–Crippen MR) is 91.7 cm³/mol. The first-order valence-electron chi connectivity index (χ1n) is 8.63. The first kappa shape index (κ1) is 15.8. The molecule has 0 spiro atoms. The van der Waals surface area contributed by atoms with Gasteiger partial charge in [-0.1, -0.05) is 19.8 Å². The molecule has 3 rings (SSSR count). The minimum atomic E-state index is -0.0639. The summed E-state index contributed by atoms with van der Waals surface area (Å²) in [6.45, 7) is 5.53. The van der Waals surface area contributed by atoms with E-state index in [1.807, 2.05) is 24.7 Å². The van der Waals surface area contributed by atoms with Gasteiger partial charge in [0.05, 0.1) is 22.8 Å². The summed E-state index contributed by atoms with van der Waals surface area (Å²) >= 11 is 0. The molecule has 2 N–H and O–H groups in total. The minimum Gasteiger partial charge on any atom is -0.381 e. The smallest absolute Gasteiger partial charge is 0.254 e. The lowest BCUT2D eigenvalue weighted by Gasteiger charge is -2.17. The summed E-state index contributed by atoms with van der Waals surface area (Å²) in [6.07, 6.45) is 9.22. The van der Waals surface area contributed by atoms with Gasteiger partial charge in [-0.15, -0.1) is 0 Å². The second kappa shape index (κ2) is 6.98. The quantitative estimate of drug-likeness (QED) is 0.859. The Balaban J connectivity index is 2.01. The van der Waals surface area contributed by atoms with Crippen LogP contribution >= 0.6 is 0 Å². The third-order valence-corrected chi connectivity index (χ3v) is 4.45. The first-order chi connectivity index (χ1) is 11.2. The number of aryl methyl sites for hydroxylation is 1. The minimum absolute atomic E-state index is 0.0639. The van der Waals surface area contributed by atoms with Crippen molar-refractivity contribution in [1.29, 1.82) is 0 Å². The lowest BCUT2D eigenvalue weighted by atomic mass is 10.1. The van der Waals surface area contributed by atoms with Crippen molar-refractivity contribution >= 4 is 22.6 Å². The van der Waals surface area contributed by atoms with E-state index in [4.69, 9.17) is 0 Å². The third kappa shape index (κ3) is 3.16. The molecule has 1 aliphatic carbocycles. The Hall–Kier alpha value is -2.11. The van der Waals surface area contributed by atoms with Crippen molar-refractivity contribution in [2.75, 3.05) is 11.9 Å². The maximum Gasteiger partial charge on any atom is 0.254 e. The van der Waals surface area contributed by atoms with Gasteiger partial charge in [-0.05, 0) is 26.2 Å². The summed E-state index contributed by atoms with van der Waals surface area (Å²) in [6, 6.07) is 0.434. The number of nitrogens with one attached hydrogen (secondary N) is 2. The second-order valence-electron chi connectivity index (χ2n) is 6.13. The van der Waals surface area contributed by atoms with Gasteiger partial charge in [0.2, 0.25) is 0 Å². The molecular formula is C17H25N5O. The van der Waals surface area contributed by atoms with E-state index in [-0.39, 0.29) is 5.91 Å². The number of rotatable bonds is 6. The van der Waals surface area contributed by atoms with Crippen molar-refractivity contribution in [3.05, 3.63) is 18.0 Å². The lowest BCUT2D eigenvalue weighted by molar-refractivity contribution is 0.0954. The van der Waals surface area contributed by atoms with Crippen molar-refractivity contribution in [3.8, 4) is 0 Å². The van der Waals surface area contributed by atoms with Gasteiger partial charge in [0.15, 0.2) is 5.65 Å². The standard InChI is InChI=1S/C17H25N5O/c1-3-9-18-17(23)14-10-19-16-13(11-20-22(16)4-2)15(14)21-12-7-5-6-8-12/h10-12H,3-9H2,1-2H3,(H,18,23)(H,19,21). The Kier molecular flexibility index (Phi) is 4.79. The van der Waals surface area contributed by atoms with E-state index in [2.05, 4.69) is 20.7 Å². The molecule has 1 amide bonds. The number of carbonyl (C=O) groups is 1. The molecule has 1 aliphatic rings. The molecule has 6 nitrogen and oxygen atoms in total. The molecule has 23 heavy (non-hydrogen) atoms. The van der Waals surface area contributed by atoms with Crippen LogP contribution in [0.5, 0.6) is 0 Å². The van der Waals surface area contributed by atoms with Crippen molar-refractivity contribution in [2.45, 2.75) is 58.5 Å². The van der Waals surface area contributed by atoms with Crippen LogP contribution in [0.3, 0.4) is 0 Å². The summed E-state index contributed by atoms with van der Waals surface area (Å²) in [7, 11) is 0. The molecule has 0 aromatic carbocycles. The van der Waals surface area contributed by atoms with Gasteiger partial charge in [-0.25, -0.2) is 9.67 Å².